The van der Waals surface area contributed by atoms with Gasteiger partial charge in [0.2, 0.25) is 0 Å². The van der Waals surface area contributed by atoms with Crippen LogP contribution in [0.5, 0.6) is 0 Å². The smallest absolute Gasteiger partial charge is 0.260 e. The van der Waals surface area contributed by atoms with Crippen LogP contribution in [0.2, 0.25) is 0 Å². The number of benzene rings is 1. The van der Waals surface area contributed by atoms with Crippen LogP contribution in [-0.4, -0.2) is 19.5 Å². The number of hydrogen-bond donors (Lipinski definition) is 1. The Bertz CT molecular complexity index is 988. The summed E-state index contributed by atoms with van der Waals surface area (Å²) in [6, 6.07) is 13.6. The summed E-state index contributed by atoms with van der Waals surface area (Å²) in [4.78, 5) is 23.4. The molecule has 106 valence electrons. The van der Waals surface area contributed by atoms with Gasteiger partial charge in [0.15, 0.2) is 5.65 Å². The number of fused-ring (bicyclic) bond motifs is 1. The minimum atomic E-state index is -0.154. The van der Waals surface area contributed by atoms with Gasteiger partial charge in [-0.15, -0.1) is 0 Å². The molecule has 3 aromatic heterocycles. The van der Waals surface area contributed by atoms with Gasteiger partial charge in [-0.3, -0.25) is 9.78 Å². The number of nitrogens with zero attached hydrogens (tertiary/aromatic N) is 3. The lowest BCUT2D eigenvalue weighted by Crippen LogP contribution is -2.07. The van der Waals surface area contributed by atoms with Gasteiger partial charge in [-0.05, 0) is 18.2 Å². The summed E-state index contributed by atoms with van der Waals surface area (Å²) in [5.41, 5.74) is 3.15. The topological polar surface area (TPSA) is 63.6 Å². The van der Waals surface area contributed by atoms with E-state index in [1.54, 1.807) is 12.4 Å². The van der Waals surface area contributed by atoms with Crippen molar-refractivity contribution in [1.29, 1.82) is 0 Å². The van der Waals surface area contributed by atoms with Crippen molar-refractivity contribution in [3.63, 3.8) is 0 Å². The number of rotatable bonds is 2. The van der Waals surface area contributed by atoms with Gasteiger partial charge in [-0.2, -0.15) is 0 Å². The molecule has 0 aliphatic heterocycles. The van der Waals surface area contributed by atoms with Gasteiger partial charge in [0.1, 0.15) is 0 Å². The van der Waals surface area contributed by atoms with Crippen LogP contribution >= 0.6 is 0 Å². The summed E-state index contributed by atoms with van der Waals surface area (Å²) >= 11 is 0. The molecule has 0 saturated carbocycles. The van der Waals surface area contributed by atoms with Crippen molar-refractivity contribution in [3.8, 4) is 16.8 Å². The third kappa shape index (κ3) is 1.91. The molecule has 4 aromatic rings. The summed E-state index contributed by atoms with van der Waals surface area (Å²) < 4.78 is 1.92. The SMILES string of the molecule is O=c1[nH]cnc2c1c(-c1cccnc1)cn2-c1ccccc1. The quantitative estimate of drug-likeness (QED) is 0.617. The first kappa shape index (κ1) is 12.5. The molecule has 1 aromatic carbocycles. The van der Waals surface area contributed by atoms with Crippen molar-refractivity contribution >= 4 is 11.0 Å². The molecule has 4 rings (SSSR count). The Morgan fingerprint density at radius 2 is 1.91 bits per heavy atom. The fourth-order valence-corrected chi connectivity index (χ4v) is 2.60. The average molecular weight is 288 g/mol. The molecule has 22 heavy (non-hydrogen) atoms. The Labute approximate surface area is 125 Å². The average Bonchev–Trinajstić information content (AvgIpc) is 2.98. The molecule has 0 saturated heterocycles. The number of hydrogen-bond acceptors (Lipinski definition) is 3. The van der Waals surface area contributed by atoms with Gasteiger partial charge in [-0.1, -0.05) is 24.3 Å². The second-order valence-electron chi connectivity index (χ2n) is 4.92. The molecule has 0 amide bonds. The largest absolute Gasteiger partial charge is 0.312 e. The maximum absolute atomic E-state index is 12.3. The van der Waals surface area contributed by atoms with E-state index in [4.69, 9.17) is 0 Å². The fourth-order valence-electron chi connectivity index (χ4n) is 2.60. The van der Waals surface area contributed by atoms with E-state index in [9.17, 15) is 4.79 Å². The van der Waals surface area contributed by atoms with Gasteiger partial charge in [0.25, 0.3) is 5.56 Å². The Morgan fingerprint density at radius 3 is 2.68 bits per heavy atom. The number of H-pyrrole nitrogens is 1. The monoisotopic (exact) mass is 288 g/mol. The van der Waals surface area contributed by atoms with Crippen LogP contribution in [0.25, 0.3) is 27.8 Å². The minimum Gasteiger partial charge on any atom is -0.312 e. The van der Waals surface area contributed by atoms with E-state index >= 15 is 0 Å². The van der Waals surface area contributed by atoms with Crippen LogP contribution in [0.3, 0.4) is 0 Å². The molecule has 0 unspecified atom stereocenters. The van der Waals surface area contributed by atoms with Crippen molar-refractivity contribution in [2.45, 2.75) is 0 Å². The van der Waals surface area contributed by atoms with Gasteiger partial charge in [0, 0.05) is 35.4 Å². The highest BCUT2D eigenvalue weighted by molar-refractivity contribution is 5.94. The molecular formula is C17H12N4O. The molecule has 0 fully saturated rings. The van der Waals surface area contributed by atoms with Gasteiger partial charge in [-0.25, -0.2) is 4.98 Å². The van der Waals surface area contributed by atoms with E-state index in [1.807, 2.05) is 53.2 Å². The first-order valence-electron chi connectivity index (χ1n) is 6.89. The summed E-state index contributed by atoms with van der Waals surface area (Å²) in [6.45, 7) is 0. The second-order valence-corrected chi connectivity index (χ2v) is 4.92. The number of pyridine rings is 1. The van der Waals surface area contributed by atoms with Gasteiger partial charge in [0.05, 0.1) is 11.7 Å². The van der Waals surface area contributed by atoms with Crippen LogP contribution in [-0.2, 0) is 0 Å². The lowest BCUT2D eigenvalue weighted by Gasteiger charge is -2.02. The van der Waals surface area contributed by atoms with Crippen LogP contribution in [0.15, 0.2) is 72.2 Å². The van der Waals surface area contributed by atoms with E-state index in [0.717, 1.165) is 16.8 Å². The minimum absolute atomic E-state index is 0.154. The normalized spacial score (nSPS) is 10.9. The molecule has 0 spiro atoms. The van der Waals surface area contributed by atoms with Crippen molar-refractivity contribution in [2.75, 3.05) is 0 Å². The van der Waals surface area contributed by atoms with Crippen molar-refractivity contribution in [3.05, 3.63) is 77.7 Å². The standard InChI is InChI=1S/C17H12N4O/c22-17-15-14(12-5-4-8-18-9-12)10-21(16(15)19-11-20-17)13-6-2-1-3-7-13/h1-11H,(H,19,20,22). The molecule has 5 nitrogen and oxygen atoms in total. The molecule has 0 aliphatic carbocycles. The third-order valence-electron chi connectivity index (χ3n) is 3.60. The summed E-state index contributed by atoms with van der Waals surface area (Å²) in [6.07, 6.45) is 6.81. The van der Waals surface area contributed by atoms with Crippen LogP contribution in [0, 0.1) is 0 Å². The summed E-state index contributed by atoms with van der Waals surface area (Å²) in [5, 5.41) is 0.569. The third-order valence-corrected chi connectivity index (χ3v) is 3.60. The highest BCUT2D eigenvalue weighted by Crippen LogP contribution is 2.28. The molecule has 0 radical (unpaired) electrons. The Kier molecular flexibility index (Phi) is 2.83. The molecule has 1 N–H and O–H groups in total. The van der Waals surface area contributed by atoms with Crippen molar-refractivity contribution in [1.82, 2.24) is 19.5 Å². The molecule has 5 heteroatoms. The maximum atomic E-state index is 12.3. The molecular weight excluding hydrogens is 276 g/mol. The zero-order valence-corrected chi connectivity index (χ0v) is 11.6. The number of aromatic nitrogens is 4. The second kappa shape index (κ2) is 4.96. The zero-order chi connectivity index (χ0) is 14.9. The number of aromatic amines is 1. The first-order valence-corrected chi connectivity index (χ1v) is 6.89. The van der Waals surface area contributed by atoms with Gasteiger partial charge >= 0.3 is 0 Å². The molecule has 0 bridgehead atoms. The number of nitrogens with one attached hydrogen (secondary N) is 1. The highest BCUT2D eigenvalue weighted by Gasteiger charge is 2.15. The van der Waals surface area contributed by atoms with Crippen LogP contribution in [0.4, 0.5) is 0 Å². The van der Waals surface area contributed by atoms with Crippen LogP contribution < -0.4 is 5.56 Å². The lowest BCUT2D eigenvalue weighted by molar-refractivity contribution is 1.07. The number of para-hydroxylation sites is 1. The van der Waals surface area contributed by atoms with Crippen molar-refractivity contribution < 1.29 is 0 Å². The first-order chi connectivity index (χ1) is 10.8. The molecule has 3 heterocycles. The van der Waals surface area contributed by atoms with E-state index in [2.05, 4.69) is 15.0 Å². The Morgan fingerprint density at radius 1 is 1.05 bits per heavy atom. The predicted molar refractivity (Wildman–Crippen MR) is 84.9 cm³/mol. The highest BCUT2D eigenvalue weighted by atomic mass is 16.1. The zero-order valence-electron chi connectivity index (χ0n) is 11.6. The van der Waals surface area contributed by atoms with Crippen molar-refractivity contribution in [2.24, 2.45) is 0 Å². The van der Waals surface area contributed by atoms with E-state index in [0.29, 0.717) is 11.0 Å². The van der Waals surface area contributed by atoms with Gasteiger partial charge < -0.3 is 9.55 Å². The lowest BCUT2D eigenvalue weighted by atomic mass is 10.1. The molecule has 0 aliphatic rings. The Balaban J connectivity index is 2.09. The fraction of sp³-hybridized carbons (Fsp3) is 0. The summed E-state index contributed by atoms with van der Waals surface area (Å²) in [7, 11) is 0. The van der Waals surface area contributed by atoms with E-state index in [-0.39, 0.29) is 5.56 Å². The summed E-state index contributed by atoms with van der Waals surface area (Å²) in [5.74, 6) is 0. The molecule has 0 atom stereocenters. The predicted octanol–water partition coefficient (Wildman–Crippen LogP) is 2.78. The van der Waals surface area contributed by atoms with Crippen LogP contribution in [0.1, 0.15) is 0 Å². The van der Waals surface area contributed by atoms with E-state index < -0.39 is 0 Å². The Hall–Kier alpha value is -3.21. The maximum Gasteiger partial charge on any atom is 0.260 e. The van der Waals surface area contributed by atoms with E-state index in [1.165, 1.54) is 6.33 Å².